The normalized spacial score (nSPS) is 14.7. The van der Waals surface area contributed by atoms with Gasteiger partial charge in [-0.25, -0.2) is 4.79 Å². The SMILES string of the molecule is CC(C)(C)OC(=O)NCC(=O)N1CCn2cnnc2C1. The number of rotatable bonds is 2. The summed E-state index contributed by atoms with van der Waals surface area (Å²) in [7, 11) is 0. The van der Waals surface area contributed by atoms with E-state index < -0.39 is 11.7 Å². The molecule has 2 rings (SSSR count). The summed E-state index contributed by atoms with van der Waals surface area (Å²) in [6, 6.07) is 0. The van der Waals surface area contributed by atoms with Crippen LogP contribution in [0.15, 0.2) is 6.33 Å². The number of aromatic nitrogens is 3. The van der Waals surface area contributed by atoms with Crippen LogP contribution in [-0.4, -0.2) is 50.4 Å². The van der Waals surface area contributed by atoms with Crippen LogP contribution >= 0.6 is 0 Å². The molecule has 1 N–H and O–H groups in total. The number of nitrogens with zero attached hydrogens (tertiary/aromatic N) is 4. The highest BCUT2D eigenvalue weighted by Gasteiger charge is 2.23. The molecule has 0 spiro atoms. The fourth-order valence-electron chi connectivity index (χ4n) is 1.85. The van der Waals surface area contributed by atoms with E-state index in [0.29, 0.717) is 19.6 Å². The minimum absolute atomic E-state index is 0.0803. The van der Waals surface area contributed by atoms with Gasteiger partial charge in [0.05, 0.1) is 6.54 Å². The lowest BCUT2D eigenvalue weighted by molar-refractivity contribution is -0.131. The van der Waals surface area contributed by atoms with Crippen molar-refractivity contribution >= 4 is 12.0 Å². The summed E-state index contributed by atoms with van der Waals surface area (Å²) in [6.07, 6.45) is 1.06. The fraction of sp³-hybridized carbons (Fsp3) is 0.667. The van der Waals surface area contributed by atoms with Crippen LogP contribution in [0.5, 0.6) is 0 Å². The van der Waals surface area contributed by atoms with Crippen molar-refractivity contribution in [1.82, 2.24) is 25.0 Å². The van der Waals surface area contributed by atoms with E-state index in [1.807, 2.05) is 4.57 Å². The van der Waals surface area contributed by atoms with Crippen molar-refractivity contribution in [2.75, 3.05) is 13.1 Å². The second kappa shape index (κ2) is 5.48. The van der Waals surface area contributed by atoms with E-state index >= 15 is 0 Å². The average molecular weight is 281 g/mol. The molecule has 20 heavy (non-hydrogen) atoms. The number of hydrogen-bond donors (Lipinski definition) is 1. The Kier molecular flexibility index (Phi) is 3.91. The molecule has 1 aliphatic rings. The third-order valence-electron chi connectivity index (χ3n) is 2.77. The zero-order valence-electron chi connectivity index (χ0n) is 11.9. The lowest BCUT2D eigenvalue weighted by atomic mass is 10.2. The number of nitrogens with one attached hydrogen (secondary N) is 1. The molecule has 0 saturated heterocycles. The van der Waals surface area contributed by atoms with E-state index in [-0.39, 0.29) is 12.5 Å². The van der Waals surface area contributed by atoms with Crippen molar-refractivity contribution in [3.63, 3.8) is 0 Å². The number of alkyl carbamates (subject to hydrolysis) is 1. The molecule has 0 aliphatic carbocycles. The molecule has 2 amide bonds. The highest BCUT2D eigenvalue weighted by atomic mass is 16.6. The first-order valence-electron chi connectivity index (χ1n) is 6.46. The zero-order chi connectivity index (χ0) is 14.8. The van der Waals surface area contributed by atoms with Gasteiger partial charge >= 0.3 is 6.09 Å². The Morgan fingerprint density at radius 3 is 2.85 bits per heavy atom. The van der Waals surface area contributed by atoms with Gasteiger partial charge < -0.3 is 19.5 Å². The molecule has 1 aromatic heterocycles. The van der Waals surface area contributed by atoms with E-state index in [9.17, 15) is 9.59 Å². The molecule has 110 valence electrons. The molecular weight excluding hydrogens is 262 g/mol. The summed E-state index contributed by atoms with van der Waals surface area (Å²) in [6.45, 7) is 6.89. The van der Waals surface area contributed by atoms with Crippen LogP contribution < -0.4 is 5.32 Å². The number of hydrogen-bond acceptors (Lipinski definition) is 5. The highest BCUT2D eigenvalue weighted by molar-refractivity contribution is 5.82. The lowest BCUT2D eigenvalue weighted by Crippen LogP contribution is -2.44. The third kappa shape index (κ3) is 3.69. The summed E-state index contributed by atoms with van der Waals surface area (Å²) in [5, 5.41) is 10.2. The van der Waals surface area contributed by atoms with Gasteiger partial charge in [-0.2, -0.15) is 0 Å². The molecule has 0 fully saturated rings. The molecule has 8 nitrogen and oxygen atoms in total. The summed E-state index contributed by atoms with van der Waals surface area (Å²) in [5.74, 6) is 0.590. The monoisotopic (exact) mass is 281 g/mol. The summed E-state index contributed by atoms with van der Waals surface area (Å²) < 4.78 is 6.98. The molecule has 2 heterocycles. The van der Waals surface area contributed by atoms with Crippen LogP contribution in [0.2, 0.25) is 0 Å². The van der Waals surface area contributed by atoms with Gasteiger partial charge in [0.15, 0.2) is 5.82 Å². The second-order valence-corrected chi connectivity index (χ2v) is 5.61. The Hall–Kier alpha value is -2.12. The number of amides is 2. The zero-order valence-corrected chi connectivity index (χ0v) is 11.9. The van der Waals surface area contributed by atoms with Crippen LogP contribution in [0.3, 0.4) is 0 Å². The van der Waals surface area contributed by atoms with Gasteiger partial charge in [0.1, 0.15) is 18.5 Å². The molecule has 0 unspecified atom stereocenters. The Morgan fingerprint density at radius 1 is 1.40 bits per heavy atom. The van der Waals surface area contributed by atoms with Crippen LogP contribution in [0.1, 0.15) is 26.6 Å². The topological polar surface area (TPSA) is 89.4 Å². The summed E-state index contributed by atoms with van der Waals surface area (Å²) >= 11 is 0. The van der Waals surface area contributed by atoms with E-state index in [1.165, 1.54) is 0 Å². The Balaban J connectivity index is 1.80. The molecule has 8 heteroatoms. The maximum atomic E-state index is 12.0. The molecule has 1 aromatic rings. The van der Waals surface area contributed by atoms with Crippen molar-refractivity contribution in [3.8, 4) is 0 Å². The molecule has 0 radical (unpaired) electrons. The number of carbonyl (C=O) groups excluding carboxylic acids is 2. The quantitative estimate of drug-likeness (QED) is 0.833. The molecule has 0 saturated carbocycles. The van der Waals surface area contributed by atoms with E-state index in [0.717, 1.165) is 5.82 Å². The maximum Gasteiger partial charge on any atom is 0.408 e. The smallest absolute Gasteiger partial charge is 0.408 e. The Labute approximate surface area is 117 Å². The first kappa shape index (κ1) is 14.3. The third-order valence-corrected chi connectivity index (χ3v) is 2.77. The van der Waals surface area contributed by atoms with Crippen molar-refractivity contribution in [3.05, 3.63) is 12.2 Å². The van der Waals surface area contributed by atoms with Gasteiger partial charge in [-0.1, -0.05) is 0 Å². The van der Waals surface area contributed by atoms with Crippen LogP contribution in [0.25, 0.3) is 0 Å². The minimum atomic E-state index is -0.592. The van der Waals surface area contributed by atoms with Crippen molar-refractivity contribution in [1.29, 1.82) is 0 Å². The Bertz CT molecular complexity index is 505. The molecule has 1 aliphatic heterocycles. The fourth-order valence-corrected chi connectivity index (χ4v) is 1.85. The van der Waals surface area contributed by atoms with Crippen LogP contribution in [0.4, 0.5) is 4.79 Å². The molecule has 0 bridgehead atoms. The first-order valence-corrected chi connectivity index (χ1v) is 6.46. The van der Waals surface area contributed by atoms with Crippen molar-refractivity contribution < 1.29 is 14.3 Å². The second-order valence-electron chi connectivity index (χ2n) is 5.61. The van der Waals surface area contributed by atoms with Gasteiger partial charge in [-0.15, -0.1) is 10.2 Å². The van der Waals surface area contributed by atoms with E-state index in [4.69, 9.17) is 4.74 Å². The highest BCUT2D eigenvalue weighted by Crippen LogP contribution is 2.09. The van der Waals surface area contributed by atoms with Gasteiger partial charge in [0, 0.05) is 13.1 Å². The Morgan fingerprint density at radius 2 is 2.15 bits per heavy atom. The largest absolute Gasteiger partial charge is 0.444 e. The van der Waals surface area contributed by atoms with Gasteiger partial charge in [-0.05, 0) is 20.8 Å². The number of fused-ring (bicyclic) bond motifs is 1. The van der Waals surface area contributed by atoms with E-state index in [2.05, 4.69) is 15.5 Å². The number of ether oxygens (including phenoxy) is 1. The summed E-state index contributed by atoms with van der Waals surface area (Å²) in [5.41, 5.74) is -0.575. The van der Waals surface area contributed by atoms with Crippen LogP contribution in [-0.2, 0) is 22.6 Å². The average Bonchev–Trinajstić information content (AvgIpc) is 2.80. The maximum absolute atomic E-state index is 12.0. The lowest BCUT2D eigenvalue weighted by Gasteiger charge is -2.27. The molecule has 0 aromatic carbocycles. The predicted octanol–water partition coefficient (Wildman–Crippen LogP) is 0.145. The van der Waals surface area contributed by atoms with Crippen molar-refractivity contribution in [2.45, 2.75) is 39.5 Å². The van der Waals surface area contributed by atoms with Crippen molar-refractivity contribution in [2.24, 2.45) is 0 Å². The van der Waals surface area contributed by atoms with Gasteiger partial charge in [-0.3, -0.25) is 4.79 Å². The predicted molar refractivity (Wildman–Crippen MR) is 69.7 cm³/mol. The summed E-state index contributed by atoms with van der Waals surface area (Å²) in [4.78, 5) is 25.1. The van der Waals surface area contributed by atoms with Crippen LogP contribution in [0, 0.1) is 0 Å². The minimum Gasteiger partial charge on any atom is -0.444 e. The molecule has 0 atom stereocenters. The van der Waals surface area contributed by atoms with E-state index in [1.54, 1.807) is 32.0 Å². The van der Waals surface area contributed by atoms with Gasteiger partial charge in [0.25, 0.3) is 0 Å². The standard InChI is InChI=1S/C12H19N5O3/c1-12(2,3)20-11(19)13-6-10(18)16-4-5-17-8-14-15-9(17)7-16/h8H,4-7H2,1-3H3,(H,13,19). The molecular formula is C12H19N5O3. The first-order chi connectivity index (χ1) is 9.35. The number of carbonyl (C=O) groups is 2. The van der Waals surface area contributed by atoms with Gasteiger partial charge in [0.2, 0.25) is 5.91 Å².